The molecule has 0 radical (unpaired) electrons. The van der Waals surface area contributed by atoms with Crippen LogP contribution in [0.4, 0.5) is 0 Å². The standard InChI is InChI=1S/C10H11N3.C5H6O/c1-2-4-9-8(3-1)12-10(13-9)7-5-11-6-7;1-2-3-4-5-6/h1-4,7,11H,5-6H2,(H,12,13);1,5H,3-4H2. The van der Waals surface area contributed by atoms with Gasteiger partial charge in [-0.3, -0.25) is 0 Å². The number of nitrogens with zero attached hydrogens (tertiary/aromatic N) is 1. The van der Waals surface area contributed by atoms with Gasteiger partial charge in [0.05, 0.1) is 11.0 Å². The van der Waals surface area contributed by atoms with Crippen LogP contribution in [0.3, 0.4) is 0 Å². The fraction of sp³-hybridized carbons (Fsp3) is 0.333. The number of unbranched alkanes of at least 4 members (excludes halogenated alkanes) is 1. The van der Waals surface area contributed by atoms with E-state index < -0.39 is 0 Å². The van der Waals surface area contributed by atoms with Gasteiger partial charge in [-0.25, -0.2) is 4.98 Å². The van der Waals surface area contributed by atoms with Crippen LogP contribution in [0.15, 0.2) is 24.3 Å². The number of carbonyl (C=O) groups is 1. The zero-order valence-electron chi connectivity index (χ0n) is 10.7. The third-order valence-corrected chi connectivity index (χ3v) is 2.98. The molecule has 2 aromatic rings. The highest BCUT2D eigenvalue weighted by Crippen LogP contribution is 2.19. The number of benzene rings is 1. The highest BCUT2D eigenvalue weighted by Gasteiger charge is 2.21. The van der Waals surface area contributed by atoms with Crippen LogP contribution in [0.1, 0.15) is 24.6 Å². The fourth-order valence-corrected chi connectivity index (χ4v) is 1.79. The first kappa shape index (κ1) is 13.3. The fourth-order valence-electron chi connectivity index (χ4n) is 1.79. The molecule has 1 fully saturated rings. The van der Waals surface area contributed by atoms with Crippen LogP contribution < -0.4 is 5.32 Å². The molecule has 1 aromatic heterocycles. The summed E-state index contributed by atoms with van der Waals surface area (Å²) in [6.07, 6.45) is 6.69. The molecule has 1 aliphatic rings. The Kier molecular flexibility index (Phi) is 4.71. The highest BCUT2D eigenvalue weighted by atomic mass is 16.1. The molecular weight excluding hydrogens is 238 g/mol. The summed E-state index contributed by atoms with van der Waals surface area (Å²) < 4.78 is 0. The molecule has 0 saturated carbocycles. The Bertz CT molecular complexity index is 545. The van der Waals surface area contributed by atoms with Crippen molar-refractivity contribution in [2.24, 2.45) is 0 Å². The molecule has 1 aromatic carbocycles. The van der Waals surface area contributed by atoms with Gasteiger partial charge in [0.25, 0.3) is 0 Å². The summed E-state index contributed by atoms with van der Waals surface area (Å²) in [5.74, 6) is 4.05. The lowest BCUT2D eigenvalue weighted by molar-refractivity contribution is -0.107. The second-order valence-corrected chi connectivity index (χ2v) is 4.40. The molecule has 0 bridgehead atoms. The number of carbonyl (C=O) groups excluding carboxylic acids is 1. The van der Waals surface area contributed by atoms with Crippen molar-refractivity contribution in [3.05, 3.63) is 30.1 Å². The molecule has 2 heterocycles. The van der Waals surface area contributed by atoms with Crippen LogP contribution in [0.5, 0.6) is 0 Å². The van der Waals surface area contributed by atoms with Crippen LogP contribution in [-0.2, 0) is 4.79 Å². The minimum absolute atomic E-state index is 0.497. The number of aldehydes is 1. The Balaban J connectivity index is 0.000000192. The predicted molar refractivity (Wildman–Crippen MR) is 75.8 cm³/mol. The van der Waals surface area contributed by atoms with Gasteiger partial charge in [-0.05, 0) is 12.1 Å². The molecule has 1 saturated heterocycles. The largest absolute Gasteiger partial charge is 0.342 e. The molecular formula is C15H17N3O. The van der Waals surface area contributed by atoms with Gasteiger partial charge < -0.3 is 15.1 Å². The molecule has 4 nitrogen and oxygen atoms in total. The van der Waals surface area contributed by atoms with Gasteiger partial charge in [0.15, 0.2) is 0 Å². The van der Waals surface area contributed by atoms with E-state index in [0.717, 1.165) is 36.2 Å². The monoisotopic (exact) mass is 255 g/mol. The van der Waals surface area contributed by atoms with Gasteiger partial charge >= 0.3 is 0 Å². The predicted octanol–water partition coefficient (Wildman–Crippen LogP) is 1.85. The smallest absolute Gasteiger partial charge is 0.120 e. The molecule has 0 aliphatic carbocycles. The Morgan fingerprint density at radius 1 is 1.42 bits per heavy atom. The van der Waals surface area contributed by atoms with Crippen molar-refractivity contribution in [1.29, 1.82) is 0 Å². The van der Waals surface area contributed by atoms with Crippen molar-refractivity contribution in [2.75, 3.05) is 13.1 Å². The molecule has 0 atom stereocenters. The van der Waals surface area contributed by atoms with Crippen molar-refractivity contribution in [3.63, 3.8) is 0 Å². The Labute approximate surface area is 112 Å². The van der Waals surface area contributed by atoms with Gasteiger partial charge in [0.1, 0.15) is 12.1 Å². The first-order valence-corrected chi connectivity index (χ1v) is 6.37. The lowest BCUT2D eigenvalue weighted by Crippen LogP contribution is -2.40. The molecule has 98 valence electrons. The van der Waals surface area contributed by atoms with Gasteiger partial charge in [-0.1, -0.05) is 12.1 Å². The van der Waals surface area contributed by atoms with E-state index in [1.165, 1.54) is 0 Å². The van der Waals surface area contributed by atoms with Crippen LogP contribution in [0.2, 0.25) is 0 Å². The van der Waals surface area contributed by atoms with Gasteiger partial charge in [0.2, 0.25) is 0 Å². The van der Waals surface area contributed by atoms with E-state index >= 15 is 0 Å². The topological polar surface area (TPSA) is 57.8 Å². The Morgan fingerprint density at radius 3 is 2.74 bits per heavy atom. The number of fused-ring (bicyclic) bond motifs is 1. The number of hydrogen-bond donors (Lipinski definition) is 2. The van der Waals surface area contributed by atoms with Crippen molar-refractivity contribution < 1.29 is 4.79 Å². The molecule has 0 spiro atoms. The maximum Gasteiger partial charge on any atom is 0.120 e. The summed E-state index contributed by atoms with van der Waals surface area (Å²) in [5, 5.41) is 3.24. The number of terminal acetylenes is 1. The van der Waals surface area contributed by atoms with Crippen molar-refractivity contribution in [3.8, 4) is 12.3 Å². The molecule has 2 N–H and O–H groups in total. The van der Waals surface area contributed by atoms with Crippen molar-refractivity contribution in [2.45, 2.75) is 18.8 Å². The number of nitrogens with one attached hydrogen (secondary N) is 2. The first-order chi connectivity index (χ1) is 9.35. The Morgan fingerprint density at radius 2 is 2.21 bits per heavy atom. The van der Waals surface area contributed by atoms with Crippen molar-refractivity contribution >= 4 is 17.3 Å². The number of para-hydroxylation sites is 2. The zero-order valence-corrected chi connectivity index (χ0v) is 10.7. The summed E-state index contributed by atoms with van der Waals surface area (Å²) in [6, 6.07) is 8.16. The second-order valence-electron chi connectivity index (χ2n) is 4.40. The van der Waals surface area contributed by atoms with Crippen LogP contribution in [0, 0.1) is 12.3 Å². The van der Waals surface area contributed by atoms with Gasteiger partial charge in [-0.15, -0.1) is 12.3 Å². The number of imidazole rings is 1. The number of aromatic amines is 1. The van der Waals surface area contributed by atoms with Crippen LogP contribution in [0.25, 0.3) is 11.0 Å². The number of rotatable bonds is 3. The minimum Gasteiger partial charge on any atom is -0.342 e. The number of aromatic nitrogens is 2. The molecule has 0 amide bonds. The average Bonchev–Trinajstić information content (AvgIpc) is 2.78. The normalized spacial score (nSPS) is 14.1. The second kappa shape index (κ2) is 6.72. The maximum atomic E-state index is 9.47. The summed E-state index contributed by atoms with van der Waals surface area (Å²) in [7, 11) is 0. The van der Waals surface area contributed by atoms with E-state index in [2.05, 4.69) is 27.3 Å². The third-order valence-electron chi connectivity index (χ3n) is 2.98. The van der Waals surface area contributed by atoms with E-state index in [9.17, 15) is 4.79 Å². The van der Waals surface area contributed by atoms with E-state index in [1.807, 2.05) is 18.2 Å². The van der Waals surface area contributed by atoms with E-state index in [1.54, 1.807) is 0 Å². The van der Waals surface area contributed by atoms with E-state index in [-0.39, 0.29) is 0 Å². The minimum atomic E-state index is 0.497. The van der Waals surface area contributed by atoms with Gasteiger partial charge in [-0.2, -0.15) is 0 Å². The summed E-state index contributed by atoms with van der Waals surface area (Å²) in [6.45, 7) is 2.11. The maximum absolute atomic E-state index is 9.47. The SMILES string of the molecule is C#CCCC=O.c1ccc2[nH]c(C3CNC3)nc2c1. The highest BCUT2D eigenvalue weighted by molar-refractivity contribution is 5.74. The number of hydrogen-bond acceptors (Lipinski definition) is 3. The van der Waals surface area contributed by atoms with Crippen LogP contribution >= 0.6 is 0 Å². The molecule has 3 rings (SSSR count). The lowest BCUT2D eigenvalue weighted by Gasteiger charge is -2.24. The zero-order chi connectivity index (χ0) is 13.5. The molecule has 1 aliphatic heterocycles. The lowest BCUT2D eigenvalue weighted by atomic mass is 10.0. The third kappa shape index (κ3) is 3.43. The molecule has 4 heteroatoms. The van der Waals surface area contributed by atoms with E-state index in [0.29, 0.717) is 18.8 Å². The quantitative estimate of drug-likeness (QED) is 0.500. The van der Waals surface area contributed by atoms with Crippen LogP contribution in [-0.4, -0.2) is 29.3 Å². The van der Waals surface area contributed by atoms with Crippen molar-refractivity contribution in [1.82, 2.24) is 15.3 Å². The summed E-state index contributed by atoms with van der Waals surface area (Å²) in [5.41, 5.74) is 2.22. The molecule has 19 heavy (non-hydrogen) atoms. The van der Waals surface area contributed by atoms with E-state index in [4.69, 9.17) is 6.42 Å². The summed E-state index contributed by atoms with van der Waals surface area (Å²) >= 11 is 0. The number of H-pyrrole nitrogens is 1. The molecule has 0 unspecified atom stereocenters. The average molecular weight is 255 g/mol. The van der Waals surface area contributed by atoms with Gasteiger partial charge in [0, 0.05) is 31.8 Å². The Hall–Kier alpha value is -2.12. The first-order valence-electron chi connectivity index (χ1n) is 6.37. The summed E-state index contributed by atoms with van der Waals surface area (Å²) in [4.78, 5) is 17.4.